The van der Waals surface area contributed by atoms with E-state index in [0.29, 0.717) is 17.3 Å². The molecule has 5 heteroatoms. The first-order valence-corrected chi connectivity index (χ1v) is 6.78. The van der Waals surface area contributed by atoms with Gasteiger partial charge in [-0.05, 0) is 42.0 Å². The highest BCUT2D eigenvalue weighted by atomic mass is 79.9. The molecule has 0 radical (unpaired) electrons. The molecule has 0 bridgehead atoms. The van der Waals surface area contributed by atoms with Crippen LogP contribution in [0.3, 0.4) is 0 Å². The molecule has 2 rings (SSSR count). The third kappa shape index (κ3) is 3.61. The molecule has 19 heavy (non-hydrogen) atoms. The fraction of sp³-hybridized carbons (Fsp3) is 0.143. The summed E-state index contributed by atoms with van der Waals surface area (Å²) in [6.45, 7) is 0.501. The molecular formula is C14H12BrClFNO. The Labute approximate surface area is 124 Å². The van der Waals surface area contributed by atoms with E-state index in [1.165, 1.54) is 12.1 Å². The Morgan fingerprint density at radius 3 is 2.74 bits per heavy atom. The summed E-state index contributed by atoms with van der Waals surface area (Å²) in [5.41, 5.74) is 1.69. The van der Waals surface area contributed by atoms with Gasteiger partial charge in [0, 0.05) is 16.7 Å². The zero-order valence-electron chi connectivity index (χ0n) is 10.2. The van der Waals surface area contributed by atoms with Crippen LogP contribution < -0.4 is 10.1 Å². The van der Waals surface area contributed by atoms with Crippen LogP contribution in [0, 0.1) is 5.82 Å². The number of nitrogens with one attached hydrogen (secondary N) is 1. The largest absolute Gasteiger partial charge is 0.495 e. The molecule has 0 aliphatic heterocycles. The fourth-order valence-corrected chi connectivity index (χ4v) is 2.30. The van der Waals surface area contributed by atoms with Gasteiger partial charge in [0.05, 0.1) is 12.1 Å². The van der Waals surface area contributed by atoms with Crippen molar-refractivity contribution in [3.63, 3.8) is 0 Å². The van der Waals surface area contributed by atoms with Crippen molar-refractivity contribution in [3.8, 4) is 5.75 Å². The van der Waals surface area contributed by atoms with Crippen molar-refractivity contribution in [2.45, 2.75) is 6.54 Å². The smallest absolute Gasteiger partial charge is 0.137 e. The lowest BCUT2D eigenvalue weighted by molar-refractivity contribution is 0.415. The van der Waals surface area contributed by atoms with Gasteiger partial charge in [0.2, 0.25) is 0 Å². The van der Waals surface area contributed by atoms with E-state index in [1.54, 1.807) is 25.3 Å². The highest BCUT2D eigenvalue weighted by molar-refractivity contribution is 9.10. The fourth-order valence-electron chi connectivity index (χ4n) is 1.65. The summed E-state index contributed by atoms with van der Waals surface area (Å²) in [5, 5.41) is 3.72. The van der Waals surface area contributed by atoms with Gasteiger partial charge in [0.15, 0.2) is 0 Å². The number of hydrogen-bond acceptors (Lipinski definition) is 2. The summed E-state index contributed by atoms with van der Waals surface area (Å²) in [5.74, 6) is 0.368. The van der Waals surface area contributed by atoms with E-state index in [1.807, 2.05) is 6.07 Å². The molecule has 0 amide bonds. The molecule has 0 aromatic heterocycles. The molecule has 2 aromatic rings. The standard InChI is InChI=1S/C14H12BrClFNO/c1-19-14-5-3-11(7-13(14)16)18-8-9-6-10(17)2-4-12(9)15/h2-7,18H,8H2,1H3. The summed E-state index contributed by atoms with van der Waals surface area (Å²) >= 11 is 9.42. The second kappa shape index (κ2) is 6.26. The van der Waals surface area contributed by atoms with E-state index in [4.69, 9.17) is 16.3 Å². The van der Waals surface area contributed by atoms with Gasteiger partial charge < -0.3 is 10.1 Å². The van der Waals surface area contributed by atoms with Gasteiger partial charge in [0.25, 0.3) is 0 Å². The lowest BCUT2D eigenvalue weighted by Gasteiger charge is -2.10. The minimum Gasteiger partial charge on any atom is -0.495 e. The Morgan fingerprint density at radius 2 is 2.05 bits per heavy atom. The summed E-state index contributed by atoms with van der Waals surface area (Å²) in [6.07, 6.45) is 0. The van der Waals surface area contributed by atoms with Crippen molar-refractivity contribution in [2.75, 3.05) is 12.4 Å². The zero-order valence-corrected chi connectivity index (χ0v) is 12.6. The van der Waals surface area contributed by atoms with E-state index in [-0.39, 0.29) is 5.82 Å². The molecule has 0 saturated carbocycles. The minimum absolute atomic E-state index is 0.257. The molecule has 0 saturated heterocycles. The molecule has 100 valence electrons. The first-order valence-electron chi connectivity index (χ1n) is 5.61. The number of benzene rings is 2. The maximum Gasteiger partial charge on any atom is 0.137 e. The van der Waals surface area contributed by atoms with Crippen LogP contribution in [-0.2, 0) is 6.54 Å². The first kappa shape index (κ1) is 14.2. The molecule has 1 N–H and O–H groups in total. The molecule has 2 aromatic carbocycles. The van der Waals surface area contributed by atoms with Gasteiger partial charge in [-0.3, -0.25) is 0 Å². The molecule has 0 heterocycles. The summed E-state index contributed by atoms with van der Waals surface area (Å²) < 4.78 is 19.1. The molecule has 0 aliphatic rings. The SMILES string of the molecule is COc1ccc(NCc2cc(F)ccc2Br)cc1Cl. The topological polar surface area (TPSA) is 21.3 Å². The highest BCUT2D eigenvalue weighted by Crippen LogP contribution is 2.28. The van der Waals surface area contributed by atoms with E-state index in [9.17, 15) is 4.39 Å². The number of rotatable bonds is 4. The third-order valence-corrected chi connectivity index (χ3v) is 3.71. The number of anilines is 1. The quantitative estimate of drug-likeness (QED) is 0.855. The lowest BCUT2D eigenvalue weighted by atomic mass is 10.2. The average Bonchev–Trinajstić information content (AvgIpc) is 2.40. The van der Waals surface area contributed by atoms with E-state index in [2.05, 4.69) is 21.2 Å². The molecular weight excluding hydrogens is 333 g/mol. The number of hydrogen-bond donors (Lipinski definition) is 1. The number of methoxy groups -OCH3 is 1. The summed E-state index contributed by atoms with van der Waals surface area (Å²) in [7, 11) is 1.57. The molecule has 2 nitrogen and oxygen atoms in total. The second-order valence-corrected chi connectivity index (χ2v) is 5.20. The average molecular weight is 345 g/mol. The summed E-state index contributed by atoms with van der Waals surface area (Å²) in [4.78, 5) is 0. The minimum atomic E-state index is -0.257. The maximum atomic E-state index is 13.1. The van der Waals surface area contributed by atoms with Crippen molar-refractivity contribution in [1.29, 1.82) is 0 Å². The van der Waals surface area contributed by atoms with Crippen molar-refractivity contribution >= 4 is 33.2 Å². The van der Waals surface area contributed by atoms with Gasteiger partial charge in [-0.15, -0.1) is 0 Å². The monoisotopic (exact) mass is 343 g/mol. The van der Waals surface area contributed by atoms with Crippen LogP contribution in [-0.4, -0.2) is 7.11 Å². The predicted octanol–water partition coefficient (Wildman–Crippen LogP) is 4.86. The number of ether oxygens (including phenoxy) is 1. The Morgan fingerprint density at radius 1 is 1.26 bits per heavy atom. The van der Waals surface area contributed by atoms with Gasteiger partial charge in [-0.2, -0.15) is 0 Å². The second-order valence-electron chi connectivity index (χ2n) is 3.94. The lowest BCUT2D eigenvalue weighted by Crippen LogP contribution is -2.01. The molecule has 0 fully saturated rings. The van der Waals surface area contributed by atoms with E-state index >= 15 is 0 Å². The van der Waals surface area contributed by atoms with Crippen LogP contribution >= 0.6 is 27.5 Å². The maximum absolute atomic E-state index is 13.1. The van der Waals surface area contributed by atoms with E-state index < -0.39 is 0 Å². The van der Waals surface area contributed by atoms with Crippen molar-refractivity contribution in [3.05, 3.63) is 57.3 Å². The van der Waals surface area contributed by atoms with Crippen molar-refractivity contribution < 1.29 is 9.13 Å². The predicted molar refractivity (Wildman–Crippen MR) is 79.4 cm³/mol. The first-order chi connectivity index (χ1) is 9.10. The van der Waals surface area contributed by atoms with Crippen LogP contribution in [0.1, 0.15) is 5.56 Å². The van der Waals surface area contributed by atoms with Crippen LogP contribution in [0.15, 0.2) is 40.9 Å². The third-order valence-electron chi connectivity index (χ3n) is 2.64. The Bertz CT molecular complexity index is 592. The van der Waals surface area contributed by atoms with Crippen molar-refractivity contribution in [1.82, 2.24) is 0 Å². The highest BCUT2D eigenvalue weighted by Gasteiger charge is 2.04. The normalized spacial score (nSPS) is 10.3. The molecule has 0 unspecified atom stereocenters. The zero-order chi connectivity index (χ0) is 13.8. The van der Waals surface area contributed by atoms with Gasteiger partial charge in [-0.1, -0.05) is 27.5 Å². The molecule has 0 atom stereocenters. The Balaban J connectivity index is 2.10. The van der Waals surface area contributed by atoms with Gasteiger partial charge >= 0.3 is 0 Å². The molecule has 0 aliphatic carbocycles. The van der Waals surface area contributed by atoms with Crippen molar-refractivity contribution in [2.24, 2.45) is 0 Å². The molecule has 0 spiro atoms. The summed E-state index contributed by atoms with van der Waals surface area (Å²) in [6, 6.07) is 10.0. The Hall–Kier alpha value is -1.26. The van der Waals surface area contributed by atoms with Crippen LogP contribution in [0.2, 0.25) is 5.02 Å². The number of halogens is 3. The van der Waals surface area contributed by atoms with Crippen LogP contribution in [0.4, 0.5) is 10.1 Å². The van der Waals surface area contributed by atoms with Gasteiger partial charge in [0.1, 0.15) is 11.6 Å². The van der Waals surface area contributed by atoms with E-state index in [0.717, 1.165) is 15.7 Å². The van der Waals surface area contributed by atoms with Crippen LogP contribution in [0.5, 0.6) is 5.75 Å². The Kier molecular flexibility index (Phi) is 4.66. The van der Waals surface area contributed by atoms with Crippen LogP contribution in [0.25, 0.3) is 0 Å². The van der Waals surface area contributed by atoms with Gasteiger partial charge in [-0.25, -0.2) is 4.39 Å².